The van der Waals surface area contributed by atoms with Gasteiger partial charge in [0.1, 0.15) is 0 Å². The maximum atomic E-state index is 6.02. The first-order valence-corrected chi connectivity index (χ1v) is 9.43. The molecule has 1 atom stereocenters. The third-order valence-corrected chi connectivity index (χ3v) is 5.51. The molecule has 0 aliphatic heterocycles. The highest BCUT2D eigenvalue weighted by Gasteiger charge is 2.14. The van der Waals surface area contributed by atoms with Gasteiger partial charge in [-0.3, -0.25) is 0 Å². The molecule has 114 valence electrons. The minimum Gasteiger partial charge on any atom is -0.309 e. The molecule has 0 aliphatic carbocycles. The van der Waals surface area contributed by atoms with Gasteiger partial charge in [-0.15, -0.1) is 11.3 Å². The van der Waals surface area contributed by atoms with E-state index in [1.807, 2.05) is 23.5 Å². The number of benzene rings is 1. The van der Waals surface area contributed by atoms with Crippen LogP contribution in [0, 0.1) is 0 Å². The average molecular weight is 387 g/mol. The first-order valence-electron chi connectivity index (χ1n) is 7.44. The summed E-state index contributed by atoms with van der Waals surface area (Å²) in [5, 5.41) is 4.41. The molecule has 1 heterocycles. The summed E-state index contributed by atoms with van der Waals surface area (Å²) in [6.45, 7) is 5.52. The van der Waals surface area contributed by atoms with E-state index in [-0.39, 0.29) is 0 Å². The fourth-order valence-corrected chi connectivity index (χ4v) is 4.51. The fraction of sp³-hybridized carbons (Fsp3) is 0.412. The van der Waals surface area contributed by atoms with Gasteiger partial charge in [0.05, 0.1) is 0 Å². The molecular formula is C17H21BrClNS. The predicted molar refractivity (Wildman–Crippen MR) is 98.4 cm³/mol. The number of nitrogens with one attached hydrogen (secondary N) is 1. The van der Waals surface area contributed by atoms with Gasteiger partial charge in [0.2, 0.25) is 0 Å². The maximum Gasteiger partial charge on any atom is 0.0417 e. The number of hydrogen-bond acceptors (Lipinski definition) is 2. The van der Waals surface area contributed by atoms with E-state index in [9.17, 15) is 0 Å². The molecule has 1 N–H and O–H groups in total. The highest BCUT2D eigenvalue weighted by molar-refractivity contribution is 9.10. The van der Waals surface area contributed by atoms with E-state index in [0.29, 0.717) is 6.04 Å². The Balaban J connectivity index is 2.22. The highest BCUT2D eigenvalue weighted by Crippen LogP contribution is 2.37. The molecule has 1 unspecified atom stereocenters. The van der Waals surface area contributed by atoms with Crippen molar-refractivity contribution >= 4 is 38.9 Å². The van der Waals surface area contributed by atoms with Crippen LogP contribution in [0.2, 0.25) is 5.02 Å². The van der Waals surface area contributed by atoms with Crippen LogP contribution < -0.4 is 5.32 Å². The molecule has 0 spiro atoms. The third kappa shape index (κ3) is 4.56. The van der Waals surface area contributed by atoms with Crippen LogP contribution >= 0.6 is 38.9 Å². The molecule has 0 saturated carbocycles. The van der Waals surface area contributed by atoms with Crippen molar-refractivity contribution in [3.8, 4) is 10.4 Å². The van der Waals surface area contributed by atoms with Crippen molar-refractivity contribution in [3.05, 3.63) is 44.7 Å². The Bertz CT molecular complexity index is 582. The molecular weight excluding hydrogens is 366 g/mol. The summed E-state index contributed by atoms with van der Waals surface area (Å²) in [5.41, 5.74) is 1.21. The Hall–Kier alpha value is -0.350. The van der Waals surface area contributed by atoms with Crippen LogP contribution in [0.15, 0.2) is 34.8 Å². The van der Waals surface area contributed by atoms with E-state index < -0.39 is 0 Å². The molecule has 0 bridgehead atoms. The van der Waals surface area contributed by atoms with Gasteiger partial charge in [-0.1, -0.05) is 53.9 Å². The van der Waals surface area contributed by atoms with Gasteiger partial charge in [-0.2, -0.15) is 0 Å². The Morgan fingerprint density at radius 2 is 2.00 bits per heavy atom. The van der Waals surface area contributed by atoms with Crippen molar-refractivity contribution in [2.45, 2.75) is 39.2 Å². The lowest BCUT2D eigenvalue weighted by Crippen LogP contribution is -2.21. The number of halogens is 2. The van der Waals surface area contributed by atoms with Crippen LogP contribution in [-0.2, 0) is 0 Å². The predicted octanol–water partition coefficient (Wildman–Crippen LogP) is 6.67. The summed E-state index contributed by atoms with van der Waals surface area (Å²) in [4.78, 5) is 2.70. The van der Waals surface area contributed by atoms with Crippen LogP contribution in [-0.4, -0.2) is 6.54 Å². The summed E-state index contributed by atoms with van der Waals surface area (Å²) < 4.78 is 1.05. The van der Waals surface area contributed by atoms with Gasteiger partial charge in [0, 0.05) is 30.9 Å². The summed E-state index contributed by atoms with van der Waals surface area (Å²) in [7, 11) is 0. The van der Waals surface area contributed by atoms with Crippen molar-refractivity contribution in [1.82, 2.24) is 5.32 Å². The van der Waals surface area contributed by atoms with Crippen LogP contribution in [0.1, 0.15) is 44.0 Å². The van der Waals surface area contributed by atoms with Gasteiger partial charge in [0.25, 0.3) is 0 Å². The minimum atomic E-state index is 0.472. The quantitative estimate of drug-likeness (QED) is 0.560. The van der Waals surface area contributed by atoms with Gasteiger partial charge < -0.3 is 5.32 Å². The first-order chi connectivity index (χ1) is 10.2. The molecule has 21 heavy (non-hydrogen) atoms. The average Bonchev–Trinajstić information content (AvgIpc) is 2.93. The monoisotopic (exact) mass is 385 g/mol. The van der Waals surface area contributed by atoms with Crippen LogP contribution in [0.5, 0.6) is 0 Å². The second-order valence-electron chi connectivity index (χ2n) is 5.12. The minimum absolute atomic E-state index is 0.472. The standard InChI is InChI=1S/C17H21BrClNS/c1-3-5-15(20-10-4-2)17-9-8-16(21-17)13-7-6-12(19)11-14(13)18/h6-9,11,15,20H,3-5,10H2,1-2H3. The zero-order valence-corrected chi connectivity index (χ0v) is 15.6. The number of rotatable bonds is 7. The van der Waals surface area contributed by atoms with Crippen LogP contribution in [0.4, 0.5) is 0 Å². The van der Waals surface area contributed by atoms with E-state index >= 15 is 0 Å². The van der Waals surface area contributed by atoms with E-state index in [1.54, 1.807) is 0 Å². The second-order valence-corrected chi connectivity index (χ2v) is 7.53. The molecule has 0 aliphatic rings. The van der Waals surface area contributed by atoms with E-state index in [0.717, 1.165) is 16.0 Å². The van der Waals surface area contributed by atoms with Crippen molar-refractivity contribution in [1.29, 1.82) is 0 Å². The van der Waals surface area contributed by atoms with Crippen molar-refractivity contribution in [2.75, 3.05) is 6.54 Å². The summed E-state index contributed by atoms with van der Waals surface area (Å²) in [5.74, 6) is 0. The molecule has 2 aromatic rings. The lowest BCUT2D eigenvalue weighted by molar-refractivity contribution is 0.501. The molecule has 0 fully saturated rings. The van der Waals surface area contributed by atoms with Gasteiger partial charge in [-0.25, -0.2) is 0 Å². The molecule has 1 aromatic heterocycles. The van der Waals surface area contributed by atoms with Crippen molar-refractivity contribution < 1.29 is 0 Å². The molecule has 0 amide bonds. The third-order valence-electron chi connectivity index (χ3n) is 3.38. The Kier molecular flexibility index (Phi) is 6.74. The van der Waals surface area contributed by atoms with Crippen LogP contribution in [0.3, 0.4) is 0 Å². The summed E-state index contributed by atoms with van der Waals surface area (Å²) in [6.07, 6.45) is 3.54. The molecule has 1 aromatic carbocycles. The van der Waals surface area contributed by atoms with Gasteiger partial charge in [-0.05, 0) is 43.7 Å². The fourth-order valence-electron chi connectivity index (χ4n) is 2.33. The molecule has 4 heteroatoms. The smallest absolute Gasteiger partial charge is 0.0417 e. The largest absolute Gasteiger partial charge is 0.309 e. The summed E-state index contributed by atoms with van der Waals surface area (Å²) >= 11 is 11.5. The molecule has 1 nitrogen and oxygen atoms in total. The zero-order valence-electron chi connectivity index (χ0n) is 12.5. The lowest BCUT2D eigenvalue weighted by atomic mass is 10.1. The zero-order chi connectivity index (χ0) is 15.2. The highest BCUT2D eigenvalue weighted by atomic mass is 79.9. The van der Waals surface area contributed by atoms with Gasteiger partial charge >= 0.3 is 0 Å². The molecule has 2 rings (SSSR count). The first kappa shape index (κ1) is 17.0. The number of hydrogen-bond donors (Lipinski definition) is 1. The second kappa shape index (κ2) is 8.33. The Labute approximate surface area is 144 Å². The topological polar surface area (TPSA) is 12.0 Å². The Morgan fingerprint density at radius 1 is 1.19 bits per heavy atom. The van der Waals surface area contributed by atoms with Crippen LogP contribution in [0.25, 0.3) is 10.4 Å². The maximum absolute atomic E-state index is 6.02. The van der Waals surface area contributed by atoms with E-state index in [1.165, 1.54) is 34.6 Å². The van der Waals surface area contributed by atoms with E-state index in [2.05, 4.69) is 53.3 Å². The SMILES string of the molecule is CCCNC(CCC)c1ccc(-c2ccc(Cl)cc2Br)s1. The van der Waals surface area contributed by atoms with E-state index in [4.69, 9.17) is 11.6 Å². The normalized spacial score (nSPS) is 12.6. The Morgan fingerprint density at radius 3 is 2.67 bits per heavy atom. The summed E-state index contributed by atoms with van der Waals surface area (Å²) in [6, 6.07) is 10.9. The number of thiophene rings is 1. The molecule has 0 radical (unpaired) electrons. The van der Waals surface area contributed by atoms with Crippen molar-refractivity contribution in [2.24, 2.45) is 0 Å². The molecule has 0 saturated heterocycles. The van der Waals surface area contributed by atoms with Gasteiger partial charge in [0.15, 0.2) is 0 Å². The van der Waals surface area contributed by atoms with Crippen molar-refractivity contribution in [3.63, 3.8) is 0 Å². The lowest BCUT2D eigenvalue weighted by Gasteiger charge is -2.16.